The van der Waals surface area contributed by atoms with E-state index in [1.54, 1.807) is 6.07 Å². The minimum absolute atomic E-state index is 0.0233. The molecule has 0 unspecified atom stereocenters. The summed E-state index contributed by atoms with van der Waals surface area (Å²) in [4.78, 5) is 26.7. The van der Waals surface area contributed by atoms with E-state index in [0.717, 1.165) is 4.90 Å². The van der Waals surface area contributed by atoms with Crippen LogP contribution in [-0.2, 0) is 4.79 Å². The van der Waals surface area contributed by atoms with Gasteiger partial charge in [0.25, 0.3) is 0 Å². The standard InChI is InChI=1S/C13H15F3N4O3/c14-13(15,16)11(21)20-6-3-8(4-7-20)18-10-9(19-12(22)23)2-1-5-17-10/h1-2,5,8,19H,3-4,6-7H2,(H,17,18)(H,22,23). The van der Waals surface area contributed by atoms with Crippen LogP contribution < -0.4 is 10.6 Å². The van der Waals surface area contributed by atoms with Gasteiger partial charge in [0.15, 0.2) is 0 Å². The highest BCUT2D eigenvalue weighted by Crippen LogP contribution is 2.24. The number of amides is 2. The third kappa shape index (κ3) is 4.47. The summed E-state index contributed by atoms with van der Waals surface area (Å²) < 4.78 is 37.1. The molecule has 0 atom stereocenters. The number of rotatable bonds is 3. The van der Waals surface area contributed by atoms with E-state index < -0.39 is 18.2 Å². The quantitative estimate of drug-likeness (QED) is 0.788. The first kappa shape index (κ1) is 16.8. The molecule has 0 aromatic carbocycles. The monoisotopic (exact) mass is 332 g/mol. The summed E-state index contributed by atoms with van der Waals surface area (Å²) in [5.41, 5.74) is 0.258. The van der Waals surface area contributed by atoms with E-state index >= 15 is 0 Å². The first-order chi connectivity index (χ1) is 10.8. The van der Waals surface area contributed by atoms with Gasteiger partial charge in [0.2, 0.25) is 0 Å². The number of piperidine rings is 1. The van der Waals surface area contributed by atoms with Crippen molar-refractivity contribution in [2.24, 2.45) is 0 Å². The lowest BCUT2D eigenvalue weighted by Crippen LogP contribution is -2.47. The number of pyridine rings is 1. The van der Waals surface area contributed by atoms with E-state index in [2.05, 4.69) is 15.6 Å². The zero-order valence-electron chi connectivity index (χ0n) is 11.9. The zero-order valence-corrected chi connectivity index (χ0v) is 11.9. The van der Waals surface area contributed by atoms with Crippen LogP contribution in [-0.4, -0.2) is 52.3 Å². The number of carbonyl (C=O) groups excluding carboxylic acids is 1. The maximum Gasteiger partial charge on any atom is 0.471 e. The number of hydrogen-bond acceptors (Lipinski definition) is 4. The summed E-state index contributed by atoms with van der Waals surface area (Å²) in [6.07, 6.45) is -4.01. The topological polar surface area (TPSA) is 94.6 Å². The molecule has 0 aliphatic carbocycles. The van der Waals surface area contributed by atoms with Gasteiger partial charge in [-0.05, 0) is 25.0 Å². The highest BCUT2D eigenvalue weighted by atomic mass is 19.4. The van der Waals surface area contributed by atoms with Crippen LogP contribution in [0.25, 0.3) is 0 Å². The molecule has 23 heavy (non-hydrogen) atoms. The van der Waals surface area contributed by atoms with Crippen molar-refractivity contribution in [3.63, 3.8) is 0 Å². The Morgan fingerprint density at radius 3 is 2.52 bits per heavy atom. The molecule has 1 aromatic rings. The van der Waals surface area contributed by atoms with E-state index in [1.807, 2.05) is 0 Å². The Balaban J connectivity index is 1.95. The summed E-state index contributed by atoms with van der Waals surface area (Å²) in [5.74, 6) is -1.53. The van der Waals surface area contributed by atoms with Crippen LogP contribution in [0.4, 0.5) is 29.5 Å². The van der Waals surface area contributed by atoms with E-state index in [9.17, 15) is 22.8 Å². The van der Waals surface area contributed by atoms with E-state index in [1.165, 1.54) is 12.3 Å². The Morgan fingerprint density at radius 2 is 1.96 bits per heavy atom. The molecule has 3 N–H and O–H groups in total. The Labute approximate surface area is 129 Å². The van der Waals surface area contributed by atoms with E-state index in [-0.39, 0.29) is 24.8 Å². The lowest BCUT2D eigenvalue weighted by Gasteiger charge is -2.33. The summed E-state index contributed by atoms with van der Waals surface area (Å²) in [7, 11) is 0. The number of carbonyl (C=O) groups is 2. The van der Waals surface area contributed by atoms with Crippen molar-refractivity contribution >= 4 is 23.5 Å². The molecule has 0 radical (unpaired) electrons. The molecule has 0 spiro atoms. The van der Waals surface area contributed by atoms with Crippen LogP contribution in [0.5, 0.6) is 0 Å². The van der Waals surface area contributed by atoms with Gasteiger partial charge in [-0.2, -0.15) is 13.2 Å². The van der Waals surface area contributed by atoms with Gasteiger partial charge >= 0.3 is 18.2 Å². The summed E-state index contributed by atoms with van der Waals surface area (Å²) >= 11 is 0. The Bertz CT molecular complexity index is 586. The van der Waals surface area contributed by atoms with Gasteiger partial charge in [0, 0.05) is 25.3 Å². The fourth-order valence-corrected chi connectivity index (χ4v) is 2.34. The molecule has 0 bridgehead atoms. The lowest BCUT2D eigenvalue weighted by atomic mass is 10.0. The van der Waals surface area contributed by atoms with Gasteiger partial charge in [-0.25, -0.2) is 9.78 Å². The molecule has 126 valence electrons. The number of alkyl halides is 3. The van der Waals surface area contributed by atoms with Gasteiger partial charge in [-0.3, -0.25) is 10.1 Å². The number of likely N-dealkylation sites (tertiary alicyclic amines) is 1. The predicted octanol–water partition coefficient (Wildman–Crippen LogP) is 2.14. The number of hydrogen-bond donors (Lipinski definition) is 3. The van der Waals surface area contributed by atoms with Crippen molar-refractivity contribution in [3.8, 4) is 0 Å². The third-order valence-electron chi connectivity index (χ3n) is 3.41. The van der Waals surface area contributed by atoms with Crippen LogP contribution in [0.2, 0.25) is 0 Å². The van der Waals surface area contributed by atoms with Crippen molar-refractivity contribution in [2.45, 2.75) is 25.1 Å². The average Bonchev–Trinajstić information content (AvgIpc) is 2.48. The van der Waals surface area contributed by atoms with Crippen LogP contribution in [0.1, 0.15) is 12.8 Å². The normalized spacial score (nSPS) is 16.0. The first-order valence-electron chi connectivity index (χ1n) is 6.85. The van der Waals surface area contributed by atoms with Gasteiger partial charge < -0.3 is 15.3 Å². The van der Waals surface area contributed by atoms with Crippen LogP contribution in [0, 0.1) is 0 Å². The first-order valence-corrected chi connectivity index (χ1v) is 6.85. The summed E-state index contributed by atoms with van der Waals surface area (Å²) in [5, 5.41) is 13.9. The number of nitrogens with one attached hydrogen (secondary N) is 2. The highest BCUT2D eigenvalue weighted by molar-refractivity contribution is 5.87. The number of anilines is 2. The number of nitrogens with zero attached hydrogens (tertiary/aromatic N) is 2. The fourth-order valence-electron chi connectivity index (χ4n) is 2.34. The van der Waals surface area contributed by atoms with Gasteiger partial charge in [0.1, 0.15) is 5.82 Å². The second-order valence-corrected chi connectivity index (χ2v) is 5.04. The van der Waals surface area contributed by atoms with Crippen molar-refractivity contribution < 1.29 is 27.9 Å². The molecule has 7 nitrogen and oxygen atoms in total. The zero-order chi connectivity index (χ0) is 17.0. The molecule has 2 heterocycles. The van der Waals surface area contributed by atoms with E-state index in [0.29, 0.717) is 18.7 Å². The van der Waals surface area contributed by atoms with Crippen molar-refractivity contribution in [2.75, 3.05) is 23.7 Å². The lowest BCUT2D eigenvalue weighted by molar-refractivity contribution is -0.186. The average molecular weight is 332 g/mol. The minimum Gasteiger partial charge on any atom is -0.465 e. The molecule has 2 amide bonds. The molecule has 2 rings (SSSR count). The van der Waals surface area contributed by atoms with Crippen LogP contribution in [0.15, 0.2) is 18.3 Å². The maximum absolute atomic E-state index is 12.4. The third-order valence-corrected chi connectivity index (χ3v) is 3.41. The molecule has 0 saturated carbocycles. The molecule has 1 saturated heterocycles. The Hall–Kier alpha value is -2.52. The maximum atomic E-state index is 12.4. The SMILES string of the molecule is O=C(O)Nc1cccnc1NC1CCN(C(=O)C(F)(F)F)CC1. The van der Waals surface area contributed by atoms with E-state index in [4.69, 9.17) is 5.11 Å². The molecular weight excluding hydrogens is 317 g/mol. The van der Waals surface area contributed by atoms with Gasteiger partial charge in [-0.15, -0.1) is 0 Å². The summed E-state index contributed by atoms with van der Waals surface area (Å²) in [6, 6.07) is 2.88. The predicted molar refractivity (Wildman–Crippen MR) is 75.2 cm³/mol. The molecule has 1 aliphatic rings. The summed E-state index contributed by atoms with van der Waals surface area (Å²) in [6.45, 7) is -0.0466. The highest BCUT2D eigenvalue weighted by Gasteiger charge is 2.43. The smallest absolute Gasteiger partial charge is 0.465 e. The fraction of sp³-hybridized carbons (Fsp3) is 0.462. The molecule has 1 aromatic heterocycles. The van der Waals surface area contributed by atoms with Gasteiger partial charge in [-0.1, -0.05) is 0 Å². The second-order valence-electron chi connectivity index (χ2n) is 5.04. The van der Waals surface area contributed by atoms with Crippen LogP contribution >= 0.6 is 0 Å². The molecule has 10 heteroatoms. The molecule has 1 aliphatic heterocycles. The van der Waals surface area contributed by atoms with Gasteiger partial charge in [0.05, 0.1) is 5.69 Å². The molecular formula is C13H15F3N4O3. The largest absolute Gasteiger partial charge is 0.471 e. The number of halogens is 3. The second kappa shape index (κ2) is 6.71. The van der Waals surface area contributed by atoms with Crippen molar-refractivity contribution in [3.05, 3.63) is 18.3 Å². The Kier molecular flexibility index (Phi) is 4.92. The number of aromatic nitrogens is 1. The number of carboxylic acid groups (broad SMARTS) is 1. The minimum atomic E-state index is -4.86. The van der Waals surface area contributed by atoms with Crippen molar-refractivity contribution in [1.82, 2.24) is 9.88 Å². The molecule has 1 fully saturated rings. The Morgan fingerprint density at radius 1 is 1.30 bits per heavy atom. The van der Waals surface area contributed by atoms with Crippen LogP contribution in [0.3, 0.4) is 0 Å². The van der Waals surface area contributed by atoms with Crippen molar-refractivity contribution in [1.29, 1.82) is 0 Å².